The van der Waals surface area contributed by atoms with E-state index in [2.05, 4.69) is 5.32 Å². The standard InChI is InChI=1S/C13H23NO2/c15-11-7-3-1-5-9(11)13-14-10-6-2-4-8-12(10)16-13/h9-15H,1-8H2. The Morgan fingerprint density at radius 1 is 0.938 bits per heavy atom. The molecule has 0 aromatic carbocycles. The lowest BCUT2D eigenvalue weighted by molar-refractivity contribution is -0.0592. The number of aliphatic hydroxyl groups excluding tert-OH is 1. The van der Waals surface area contributed by atoms with Crippen LogP contribution >= 0.6 is 0 Å². The molecule has 3 aliphatic rings. The molecule has 0 aromatic rings. The minimum atomic E-state index is -0.147. The molecular weight excluding hydrogens is 202 g/mol. The van der Waals surface area contributed by atoms with E-state index in [9.17, 15) is 5.11 Å². The molecule has 0 aromatic heterocycles. The Morgan fingerprint density at radius 2 is 1.69 bits per heavy atom. The summed E-state index contributed by atoms with van der Waals surface area (Å²) in [4.78, 5) is 0. The van der Waals surface area contributed by atoms with Crippen LogP contribution in [-0.4, -0.2) is 29.6 Å². The average Bonchev–Trinajstić information content (AvgIpc) is 2.73. The number of rotatable bonds is 1. The van der Waals surface area contributed by atoms with Crippen molar-refractivity contribution in [3.63, 3.8) is 0 Å². The monoisotopic (exact) mass is 225 g/mol. The summed E-state index contributed by atoms with van der Waals surface area (Å²) in [6, 6.07) is 0.563. The van der Waals surface area contributed by atoms with Crippen molar-refractivity contribution in [3.8, 4) is 0 Å². The summed E-state index contributed by atoms with van der Waals surface area (Å²) in [5.41, 5.74) is 0. The second-order valence-corrected chi connectivity index (χ2v) is 5.67. The normalized spacial score (nSPS) is 48.9. The van der Waals surface area contributed by atoms with Crippen molar-refractivity contribution >= 4 is 0 Å². The molecule has 3 fully saturated rings. The highest BCUT2D eigenvalue weighted by atomic mass is 16.5. The van der Waals surface area contributed by atoms with Crippen LogP contribution in [0.2, 0.25) is 0 Å². The molecule has 92 valence electrons. The van der Waals surface area contributed by atoms with E-state index in [1.807, 2.05) is 0 Å². The van der Waals surface area contributed by atoms with Gasteiger partial charge in [-0.25, -0.2) is 0 Å². The number of nitrogens with one attached hydrogen (secondary N) is 1. The molecule has 1 aliphatic heterocycles. The molecular formula is C13H23NO2. The maximum Gasteiger partial charge on any atom is 0.114 e. The van der Waals surface area contributed by atoms with Crippen molar-refractivity contribution in [1.29, 1.82) is 0 Å². The summed E-state index contributed by atoms with van der Waals surface area (Å²) < 4.78 is 6.10. The van der Waals surface area contributed by atoms with Crippen LogP contribution < -0.4 is 5.32 Å². The van der Waals surface area contributed by atoms with Crippen molar-refractivity contribution in [2.75, 3.05) is 0 Å². The fourth-order valence-corrected chi connectivity index (χ4v) is 3.61. The Kier molecular flexibility index (Phi) is 3.18. The Bertz CT molecular complexity index is 232. The maximum absolute atomic E-state index is 10.0. The van der Waals surface area contributed by atoms with Gasteiger partial charge in [0.15, 0.2) is 0 Å². The minimum Gasteiger partial charge on any atom is -0.393 e. The maximum atomic E-state index is 10.0. The van der Waals surface area contributed by atoms with E-state index in [0.717, 1.165) is 12.8 Å². The first-order chi connectivity index (χ1) is 7.84. The first-order valence-corrected chi connectivity index (χ1v) is 6.94. The summed E-state index contributed by atoms with van der Waals surface area (Å²) >= 11 is 0. The van der Waals surface area contributed by atoms with Crippen LogP contribution in [-0.2, 0) is 4.74 Å². The molecule has 0 radical (unpaired) electrons. The Balaban J connectivity index is 1.63. The Hall–Kier alpha value is -0.120. The van der Waals surface area contributed by atoms with Crippen molar-refractivity contribution < 1.29 is 9.84 Å². The third-order valence-corrected chi connectivity index (χ3v) is 4.57. The van der Waals surface area contributed by atoms with Gasteiger partial charge in [-0.1, -0.05) is 25.7 Å². The molecule has 0 spiro atoms. The minimum absolute atomic E-state index is 0.128. The summed E-state index contributed by atoms with van der Waals surface area (Å²) in [5.74, 6) is 0.333. The number of hydrogen-bond acceptors (Lipinski definition) is 3. The molecule has 2 aliphatic carbocycles. The van der Waals surface area contributed by atoms with Crippen LogP contribution in [0.1, 0.15) is 51.4 Å². The van der Waals surface area contributed by atoms with Crippen LogP contribution in [0.4, 0.5) is 0 Å². The van der Waals surface area contributed by atoms with Gasteiger partial charge in [0.25, 0.3) is 0 Å². The van der Waals surface area contributed by atoms with Gasteiger partial charge in [0.1, 0.15) is 6.23 Å². The zero-order valence-corrected chi connectivity index (χ0v) is 9.90. The molecule has 5 unspecified atom stereocenters. The van der Waals surface area contributed by atoms with Crippen LogP contribution in [0.15, 0.2) is 0 Å². The van der Waals surface area contributed by atoms with E-state index in [4.69, 9.17) is 4.74 Å². The highest BCUT2D eigenvalue weighted by Gasteiger charge is 2.41. The molecule has 0 amide bonds. The second kappa shape index (κ2) is 4.63. The van der Waals surface area contributed by atoms with Crippen LogP contribution in [0.25, 0.3) is 0 Å². The SMILES string of the molecule is OC1CCCCC1C1NC2CCCCC2O1. The summed E-state index contributed by atoms with van der Waals surface area (Å²) in [6.07, 6.45) is 10.0. The highest BCUT2D eigenvalue weighted by Crippen LogP contribution is 2.34. The summed E-state index contributed by atoms with van der Waals surface area (Å²) in [5, 5.41) is 13.7. The summed E-state index contributed by atoms with van der Waals surface area (Å²) in [7, 11) is 0. The van der Waals surface area contributed by atoms with Crippen LogP contribution in [0, 0.1) is 5.92 Å². The lowest BCUT2D eigenvalue weighted by Crippen LogP contribution is -2.43. The smallest absolute Gasteiger partial charge is 0.114 e. The lowest BCUT2D eigenvalue weighted by atomic mass is 9.85. The average molecular weight is 225 g/mol. The van der Waals surface area contributed by atoms with Crippen molar-refractivity contribution in [1.82, 2.24) is 5.32 Å². The summed E-state index contributed by atoms with van der Waals surface area (Å²) in [6.45, 7) is 0. The van der Waals surface area contributed by atoms with Gasteiger partial charge in [0, 0.05) is 12.0 Å². The second-order valence-electron chi connectivity index (χ2n) is 5.67. The highest BCUT2D eigenvalue weighted by molar-refractivity contribution is 4.93. The predicted octanol–water partition coefficient (Wildman–Crippen LogP) is 1.79. The van der Waals surface area contributed by atoms with Gasteiger partial charge >= 0.3 is 0 Å². The van der Waals surface area contributed by atoms with E-state index >= 15 is 0 Å². The number of aliphatic hydroxyl groups is 1. The Labute approximate surface area is 97.6 Å². The molecule has 2 N–H and O–H groups in total. The van der Waals surface area contributed by atoms with E-state index < -0.39 is 0 Å². The predicted molar refractivity (Wildman–Crippen MR) is 62.0 cm³/mol. The van der Waals surface area contributed by atoms with Crippen LogP contribution in [0.3, 0.4) is 0 Å². The topological polar surface area (TPSA) is 41.5 Å². The van der Waals surface area contributed by atoms with Gasteiger partial charge in [-0.3, -0.25) is 5.32 Å². The third kappa shape index (κ3) is 2.01. The van der Waals surface area contributed by atoms with Gasteiger partial charge in [-0.15, -0.1) is 0 Å². The number of ether oxygens (including phenoxy) is 1. The van der Waals surface area contributed by atoms with Gasteiger partial charge in [-0.05, 0) is 25.7 Å². The third-order valence-electron chi connectivity index (χ3n) is 4.57. The van der Waals surface area contributed by atoms with E-state index in [1.54, 1.807) is 0 Å². The van der Waals surface area contributed by atoms with E-state index in [-0.39, 0.29) is 12.3 Å². The first-order valence-electron chi connectivity index (χ1n) is 6.94. The number of fused-ring (bicyclic) bond motifs is 1. The molecule has 2 saturated carbocycles. The van der Waals surface area contributed by atoms with Gasteiger partial charge in [-0.2, -0.15) is 0 Å². The largest absolute Gasteiger partial charge is 0.393 e. The van der Waals surface area contributed by atoms with Crippen molar-refractivity contribution in [3.05, 3.63) is 0 Å². The molecule has 3 heteroatoms. The molecule has 5 atom stereocenters. The Morgan fingerprint density at radius 3 is 2.50 bits per heavy atom. The molecule has 1 heterocycles. The zero-order chi connectivity index (χ0) is 11.0. The van der Waals surface area contributed by atoms with Gasteiger partial charge in [0.2, 0.25) is 0 Å². The quantitative estimate of drug-likeness (QED) is 0.715. The van der Waals surface area contributed by atoms with Gasteiger partial charge < -0.3 is 9.84 Å². The van der Waals surface area contributed by atoms with Crippen molar-refractivity contribution in [2.45, 2.75) is 75.8 Å². The zero-order valence-electron chi connectivity index (χ0n) is 9.90. The molecule has 1 saturated heterocycles. The lowest BCUT2D eigenvalue weighted by Gasteiger charge is -2.31. The van der Waals surface area contributed by atoms with Crippen LogP contribution in [0.5, 0.6) is 0 Å². The van der Waals surface area contributed by atoms with Crippen molar-refractivity contribution in [2.24, 2.45) is 5.92 Å². The molecule has 0 bridgehead atoms. The molecule has 16 heavy (non-hydrogen) atoms. The fourth-order valence-electron chi connectivity index (χ4n) is 3.61. The molecule has 3 nitrogen and oxygen atoms in total. The molecule has 3 rings (SSSR count). The first kappa shape index (κ1) is 11.0. The number of hydrogen-bond donors (Lipinski definition) is 2. The van der Waals surface area contributed by atoms with E-state index in [1.165, 1.54) is 38.5 Å². The van der Waals surface area contributed by atoms with E-state index in [0.29, 0.717) is 18.1 Å². The fraction of sp³-hybridized carbons (Fsp3) is 1.00. The van der Waals surface area contributed by atoms with Gasteiger partial charge in [0.05, 0.1) is 12.2 Å².